The molecule has 1 aromatic heterocycles. The molecule has 6 nitrogen and oxygen atoms in total. The van der Waals surface area contributed by atoms with Crippen LogP contribution in [0.3, 0.4) is 0 Å². The van der Waals surface area contributed by atoms with Crippen molar-refractivity contribution in [1.82, 2.24) is 14.8 Å². The average Bonchev–Trinajstić information content (AvgIpc) is 3.26. The lowest BCUT2D eigenvalue weighted by Gasteiger charge is -2.37. The smallest absolute Gasteiger partial charge is 0.257 e. The highest BCUT2D eigenvalue weighted by molar-refractivity contribution is 5.94. The van der Waals surface area contributed by atoms with Gasteiger partial charge in [-0.3, -0.25) is 14.6 Å². The lowest BCUT2D eigenvalue weighted by atomic mass is 9.89. The number of aryl methyl sites for hydroxylation is 1. The Morgan fingerprint density at radius 3 is 2.48 bits per heavy atom. The van der Waals surface area contributed by atoms with Crippen molar-refractivity contribution in [2.45, 2.75) is 50.5 Å². The minimum Gasteiger partial charge on any atom is -0.342 e. The fourth-order valence-corrected chi connectivity index (χ4v) is 4.99. The molecule has 1 aromatic carbocycles. The maximum Gasteiger partial charge on any atom is 0.257 e. The van der Waals surface area contributed by atoms with Gasteiger partial charge < -0.3 is 14.5 Å². The van der Waals surface area contributed by atoms with Crippen molar-refractivity contribution in [2.75, 3.05) is 13.1 Å². The molecule has 3 saturated heterocycles. The minimum atomic E-state index is -0.975. The van der Waals surface area contributed by atoms with Crippen LogP contribution in [0.1, 0.15) is 53.3 Å². The molecule has 2 aromatic rings. The van der Waals surface area contributed by atoms with E-state index in [0.29, 0.717) is 49.9 Å². The number of carbonyl (C=O) groups excluding carboxylic acids is 2. The number of hydrogen-bond acceptors (Lipinski definition) is 4. The van der Waals surface area contributed by atoms with Crippen LogP contribution in [0.15, 0.2) is 36.5 Å². The summed E-state index contributed by atoms with van der Waals surface area (Å²) in [6, 6.07) is 6.55. The van der Waals surface area contributed by atoms with Gasteiger partial charge in [0.05, 0.1) is 11.6 Å². The van der Waals surface area contributed by atoms with Crippen LogP contribution in [-0.4, -0.2) is 51.5 Å². The molecule has 0 bridgehead atoms. The Balaban J connectivity index is 1.31. The highest BCUT2D eigenvalue weighted by Crippen LogP contribution is 2.47. The van der Waals surface area contributed by atoms with Gasteiger partial charge in [0.15, 0.2) is 5.60 Å². The summed E-state index contributed by atoms with van der Waals surface area (Å²) in [6.45, 7) is 2.66. The fraction of sp³-hybridized carbons (Fsp3) is 0.435. The van der Waals surface area contributed by atoms with E-state index in [2.05, 4.69) is 4.98 Å². The van der Waals surface area contributed by atoms with Crippen molar-refractivity contribution in [2.24, 2.45) is 0 Å². The maximum atomic E-state index is 13.7. The first-order valence-electron chi connectivity index (χ1n) is 10.5. The Bertz CT molecular complexity index is 1010. The van der Waals surface area contributed by atoms with E-state index >= 15 is 0 Å². The second kappa shape index (κ2) is 7.37. The van der Waals surface area contributed by atoms with Crippen molar-refractivity contribution >= 4 is 11.8 Å². The quantitative estimate of drug-likeness (QED) is 0.737. The van der Waals surface area contributed by atoms with Crippen molar-refractivity contribution in [3.63, 3.8) is 0 Å². The molecule has 1 unspecified atom stereocenters. The number of nitrogens with zero attached hydrogens (tertiary/aromatic N) is 3. The van der Waals surface area contributed by atoms with Gasteiger partial charge in [0.1, 0.15) is 17.9 Å². The molecule has 3 fully saturated rings. The van der Waals surface area contributed by atoms with E-state index in [1.54, 1.807) is 28.1 Å². The summed E-state index contributed by atoms with van der Waals surface area (Å²) in [6.07, 6.45) is 3.18. The number of piperidine rings is 1. The molecular weight excluding hydrogens is 404 g/mol. The largest absolute Gasteiger partial charge is 0.342 e. The molecule has 0 saturated carbocycles. The van der Waals surface area contributed by atoms with Crippen LogP contribution in [0.4, 0.5) is 8.78 Å². The lowest BCUT2D eigenvalue weighted by Crippen LogP contribution is -2.51. The topological polar surface area (TPSA) is 62.7 Å². The summed E-state index contributed by atoms with van der Waals surface area (Å²) < 4.78 is 33.7. The predicted molar refractivity (Wildman–Crippen MR) is 107 cm³/mol. The van der Waals surface area contributed by atoms with Crippen molar-refractivity contribution in [1.29, 1.82) is 0 Å². The third-order valence-corrected chi connectivity index (χ3v) is 6.61. The van der Waals surface area contributed by atoms with Crippen molar-refractivity contribution in [3.05, 3.63) is 65.0 Å². The Morgan fingerprint density at radius 1 is 1.13 bits per heavy atom. The van der Waals surface area contributed by atoms with E-state index in [-0.39, 0.29) is 11.8 Å². The van der Waals surface area contributed by atoms with E-state index in [1.807, 2.05) is 6.92 Å². The standard InChI is InChI=1S/C23H23F2N3O3/c1-14-2-3-15(13-26-14)21(29)27-8-6-23(7-9-27)22(30)28-19(4-5-20(28)31-23)16-10-17(24)12-18(25)11-16/h2-3,10-13,19-20H,4-9H2,1H3/t19-,20?/m0/s1. The number of benzene rings is 1. The van der Waals surface area contributed by atoms with E-state index in [1.165, 1.54) is 12.1 Å². The zero-order chi connectivity index (χ0) is 21.8. The first kappa shape index (κ1) is 20.1. The SMILES string of the molecule is Cc1ccc(C(=O)N2CCC3(CC2)OC2CC[C@@H](c4cc(F)cc(F)c4)N2C3=O)cn1. The number of hydrogen-bond donors (Lipinski definition) is 0. The summed E-state index contributed by atoms with van der Waals surface area (Å²) in [7, 11) is 0. The average molecular weight is 427 g/mol. The molecule has 0 radical (unpaired) electrons. The molecule has 4 heterocycles. The Hall–Kier alpha value is -2.87. The molecule has 162 valence electrons. The number of carbonyl (C=O) groups is 2. The molecule has 2 amide bonds. The zero-order valence-corrected chi connectivity index (χ0v) is 17.2. The first-order chi connectivity index (χ1) is 14.9. The van der Waals surface area contributed by atoms with Crippen LogP contribution in [0.25, 0.3) is 0 Å². The summed E-state index contributed by atoms with van der Waals surface area (Å²) >= 11 is 0. The molecule has 2 atom stereocenters. The van der Waals surface area contributed by atoms with E-state index in [4.69, 9.17) is 4.74 Å². The van der Waals surface area contributed by atoms with Crippen molar-refractivity contribution in [3.8, 4) is 0 Å². The van der Waals surface area contributed by atoms with Crippen LogP contribution in [0.2, 0.25) is 0 Å². The number of fused-ring (bicyclic) bond motifs is 1. The normalized spacial score (nSPS) is 24.7. The first-order valence-corrected chi connectivity index (χ1v) is 10.5. The molecule has 3 aliphatic rings. The zero-order valence-electron chi connectivity index (χ0n) is 17.2. The van der Waals surface area contributed by atoms with Gasteiger partial charge in [0.2, 0.25) is 0 Å². The van der Waals surface area contributed by atoms with E-state index in [9.17, 15) is 18.4 Å². The monoisotopic (exact) mass is 427 g/mol. The third kappa shape index (κ3) is 3.39. The number of aromatic nitrogens is 1. The summed E-state index contributed by atoms with van der Waals surface area (Å²) in [5.74, 6) is -1.56. The highest BCUT2D eigenvalue weighted by atomic mass is 19.1. The third-order valence-electron chi connectivity index (χ3n) is 6.61. The molecule has 8 heteroatoms. The summed E-state index contributed by atoms with van der Waals surface area (Å²) in [4.78, 5) is 33.7. The summed E-state index contributed by atoms with van der Waals surface area (Å²) in [5, 5.41) is 0. The van der Waals surface area contributed by atoms with Crippen LogP contribution < -0.4 is 0 Å². The molecule has 1 spiro atoms. The number of ether oxygens (including phenoxy) is 1. The maximum absolute atomic E-state index is 13.7. The van der Waals surface area contributed by atoms with Gasteiger partial charge in [-0.1, -0.05) is 0 Å². The van der Waals surface area contributed by atoms with Gasteiger partial charge in [-0.05, 0) is 49.6 Å². The van der Waals surface area contributed by atoms with Gasteiger partial charge in [-0.15, -0.1) is 0 Å². The molecule has 0 N–H and O–H groups in total. The van der Waals surface area contributed by atoms with Gasteiger partial charge in [0.25, 0.3) is 11.8 Å². The minimum absolute atomic E-state index is 0.110. The second-order valence-electron chi connectivity index (χ2n) is 8.56. The highest BCUT2D eigenvalue weighted by Gasteiger charge is 2.58. The van der Waals surface area contributed by atoms with Gasteiger partial charge in [0, 0.05) is 43.9 Å². The molecule has 3 aliphatic heterocycles. The molecule has 5 rings (SSSR count). The Kier molecular flexibility index (Phi) is 4.77. The second-order valence-corrected chi connectivity index (χ2v) is 8.56. The predicted octanol–water partition coefficient (Wildman–Crippen LogP) is 3.36. The van der Waals surface area contributed by atoms with Gasteiger partial charge in [-0.25, -0.2) is 8.78 Å². The molecule has 31 heavy (non-hydrogen) atoms. The molecule has 0 aliphatic carbocycles. The summed E-state index contributed by atoms with van der Waals surface area (Å²) in [5.41, 5.74) is 0.840. The number of likely N-dealkylation sites (tertiary alicyclic amines) is 1. The number of rotatable bonds is 2. The van der Waals surface area contributed by atoms with Crippen molar-refractivity contribution < 1.29 is 23.1 Å². The van der Waals surface area contributed by atoms with E-state index < -0.39 is 29.5 Å². The van der Waals surface area contributed by atoms with Gasteiger partial charge >= 0.3 is 0 Å². The lowest BCUT2D eigenvalue weighted by molar-refractivity contribution is -0.142. The Labute approximate surface area is 178 Å². The fourth-order valence-electron chi connectivity index (χ4n) is 4.99. The van der Waals surface area contributed by atoms with Crippen LogP contribution >= 0.6 is 0 Å². The number of pyridine rings is 1. The molecular formula is C23H23F2N3O3. The Morgan fingerprint density at radius 2 is 1.84 bits per heavy atom. The van der Waals surface area contributed by atoms with E-state index in [0.717, 1.165) is 11.8 Å². The number of halogens is 2. The van der Waals surface area contributed by atoms with Crippen LogP contribution in [0, 0.1) is 18.6 Å². The number of amides is 2. The van der Waals surface area contributed by atoms with Gasteiger partial charge in [-0.2, -0.15) is 0 Å². The van der Waals surface area contributed by atoms with Crippen LogP contribution in [-0.2, 0) is 9.53 Å². The van der Waals surface area contributed by atoms with Crippen LogP contribution in [0.5, 0.6) is 0 Å².